The zero-order chi connectivity index (χ0) is 16.6. The zero-order valence-electron chi connectivity index (χ0n) is 11.6. The van der Waals surface area contributed by atoms with Crippen molar-refractivity contribution in [1.29, 1.82) is 0 Å². The van der Waals surface area contributed by atoms with Gasteiger partial charge in [-0.2, -0.15) is 0 Å². The molecule has 0 radical (unpaired) electrons. The summed E-state index contributed by atoms with van der Waals surface area (Å²) in [5, 5.41) is 10.7. The lowest BCUT2D eigenvalue weighted by molar-refractivity contribution is 0.475. The van der Waals surface area contributed by atoms with Crippen LogP contribution in [0.25, 0.3) is 22.5 Å². The predicted molar refractivity (Wildman–Crippen MR) is 94.0 cm³/mol. The van der Waals surface area contributed by atoms with Crippen LogP contribution in [0, 0.1) is 0 Å². The van der Waals surface area contributed by atoms with Crippen molar-refractivity contribution in [3.05, 3.63) is 57.7 Å². The summed E-state index contributed by atoms with van der Waals surface area (Å²) in [4.78, 5) is 8.69. The van der Waals surface area contributed by atoms with Gasteiger partial charge in [-0.25, -0.2) is 4.98 Å². The monoisotopic (exact) mass is 365 g/mol. The molecule has 23 heavy (non-hydrogen) atoms. The standard InChI is InChI=1S/C16H10Cl3N3O/c17-10-3-9(4-11(18)6-10)16-15(21-7-14(20)22-16)8-1-2-13(23)12(19)5-8/h1-7,23H,(H2,20,22). The van der Waals surface area contributed by atoms with E-state index in [4.69, 9.17) is 40.5 Å². The van der Waals surface area contributed by atoms with Crippen molar-refractivity contribution in [3.63, 3.8) is 0 Å². The predicted octanol–water partition coefficient (Wildman–Crippen LogP) is 5.06. The van der Waals surface area contributed by atoms with E-state index in [1.807, 2.05) is 0 Å². The van der Waals surface area contributed by atoms with E-state index in [0.29, 0.717) is 32.6 Å². The Balaban J connectivity index is 2.24. The van der Waals surface area contributed by atoms with Crippen molar-refractivity contribution < 1.29 is 5.11 Å². The van der Waals surface area contributed by atoms with E-state index < -0.39 is 0 Å². The van der Waals surface area contributed by atoms with E-state index in [0.717, 1.165) is 0 Å². The summed E-state index contributed by atoms with van der Waals surface area (Å²) in [5.74, 6) is 0.260. The van der Waals surface area contributed by atoms with Crippen LogP contribution in [0.5, 0.6) is 5.75 Å². The number of benzene rings is 2. The maximum absolute atomic E-state index is 9.57. The SMILES string of the molecule is Nc1cnc(-c2ccc(O)c(Cl)c2)c(-c2cc(Cl)cc(Cl)c2)n1. The third kappa shape index (κ3) is 3.34. The van der Waals surface area contributed by atoms with E-state index in [1.165, 1.54) is 12.3 Å². The molecular weight excluding hydrogens is 357 g/mol. The first-order valence-electron chi connectivity index (χ1n) is 6.52. The van der Waals surface area contributed by atoms with Gasteiger partial charge in [0.1, 0.15) is 11.6 Å². The van der Waals surface area contributed by atoms with Crippen molar-refractivity contribution in [2.75, 3.05) is 5.73 Å². The average molecular weight is 367 g/mol. The highest BCUT2D eigenvalue weighted by Gasteiger charge is 2.14. The Morgan fingerprint density at radius 3 is 2.22 bits per heavy atom. The molecule has 0 saturated carbocycles. The number of anilines is 1. The second-order valence-corrected chi connectivity index (χ2v) is 6.10. The van der Waals surface area contributed by atoms with E-state index in [2.05, 4.69) is 9.97 Å². The van der Waals surface area contributed by atoms with Gasteiger partial charge in [-0.3, -0.25) is 4.98 Å². The molecule has 0 amide bonds. The van der Waals surface area contributed by atoms with Gasteiger partial charge in [0.25, 0.3) is 0 Å². The van der Waals surface area contributed by atoms with Crippen molar-refractivity contribution in [1.82, 2.24) is 9.97 Å². The molecule has 0 aliphatic heterocycles. The summed E-state index contributed by atoms with van der Waals surface area (Å²) < 4.78 is 0. The van der Waals surface area contributed by atoms with Crippen LogP contribution in [0.1, 0.15) is 0 Å². The minimum Gasteiger partial charge on any atom is -0.506 e. The van der Waals surface area contributed by atoms with Crippen LogP contribution in [0.3, 0.4) is 0 Å². The number of hydrogen-bond acceptors (Lipinski definition) is 4. The lowest BCUT2D eigenvalue weighted by Crippen LogP contribution is -1.98. The number of rotatable bonds is 2. The second-order valence-electron chi connectivity index (χ2n) is 4.82. The molecule has 2 aromatic carbocycles. The first-order chi connectivity index (χ1) is 10.9. The van der Waals surface area contributed by atoms with Gasteiger partial charge < -0.3 is 10.8 Å². The highest BCUT2D eigenvalue weighted by Crippen LogP contribution is 2.35. The van der Waals surface area contributed by atoms with Crippen LogP contribution < -0.4 is 5.73 Å². The van der Waals surface area contributed by atoms with Crippen LogP contribution >= 0.6 is 34.8 Å². The summed E-state index contributed by atoms with van der Waals surface area (Å²) >= 11 is 18.1. The van der Waals surface area contributed by atoms with E-state index >= 15 is 0 Å². The van der Waals surface area contributed by atoms with Gasteiger partial charge in [-0.1, -0.05) is 34.8 Å². The van der Waals surface area contributed by atoms with Crippen molar-refractivity contribution in [2.45, 2.75) is 0 Å². The summed E-state index contributed by atoms with van der Waals surface area (Å²) in [6.07, 6.45) is 1.45. The van der Waals surface area contributed by atoms with Gasteiger partial charge in [-0.05, 0) is 36.4 Å². The van der Waals surface area contributed by atoms with E-state index in [-0.39, 0.29) is 16.6 Å². The van der Waals surface area contributed by atoms with Crippen molar-refractivity contribution >= 4 is 40.6 Å². The molecule has 0 bridgehead atoms. The highest BCUT2D eigenvalue weighted by molar-refractivity contribution is 6.35. The fraction of sp³-hybridized carbons (Fsp3) is 0. The molecule has 7 heteroatoms. The normalized spacial score (nSPS) is 10.7. The average Bonchev–Trinajstić information content (AvgIpc) is 2.49. The number of aromatic hydroxyl groups is 1. The van der Waals surface area contributed by atoms with Crippen LogP contribution in [0.2, 0.25) is 15.1 Å². The maximum Gasteiger partial charge on any atom is 0.142 e. The highest BCUT2D eigenvalue weighted by atomic mass is 35.5. The first-order valence-corrected chi connectivity index (χ1v) is 7.65. The van der Waals surface area contributed by atoms with Crippen LogP contribution in [0.15, 0.2) is 42.6 Å². The van der Waals surface area contributed by atoms with Gasteiger partial charge in [0, 0.05) is 21.2 Å². The molecule has 4 nitrogen and oxygen atoms in total. The van der Waals surface area contributed by atoms with Crippen LogP contribution in [-0.2, 0) is 0 Å². The number of nitrogen functional groups attached to an aromatic ring is 1. The number of phenols is 1. The topological polar surface area (TPSA) is 72.0 Å². The van der Waals surface area contributed by atoms with Gasteiger partial charge in [0.15, 0.2) is 0 Å². The van der Waals surface area contributed by atoms with Gasteiger partial charge in [0.05, 0.1) is 22.6 Å². The minimum absolute atomic E-state index is 0.00818. The Kier molecular flexibility index (Phi) is 4.31. The van der Waals surface area contributed by atoms with Gasteiger partial charge >= 0.3 is 0 Å². The maximum atomic E-state index is 9.57. The molecule has 0 aliphatic rings. The van der Waals surface area contributed by atoms with E-state index in [9.17, 15) is 5.11 Å². The molecule has 116 valence electrons. The fourth-order valence-corrected chi connectivity index (χ4v) is 2.87. The summed E-state index contributed by atoms with van der Waals surface area (Å²) in [6, 6.07) is 9.86. The molecule has 0 saturated heterocycles. The zero-order valence-corrected chi connectivity index (χ0v) is 13.9. The van der Waals surface area contributed by atoms with Crippen LogP contribution in [0.4, 0.5) is 5.82 Å². The van der Waals surface area contributed by atoms with Crippen LogP contribution in [-0.4, -0.2) is 15.1 Å². The largest absolute Gasteiger partial charge is 0.506 e. The lowest BCUT2D eigenvalue weighted by atomic mass is 10.0. The molecule has 0 fully saturated rings. The molecular formula is C16H10Cl3N3O. The Hall–Kier alpha value is -2.01. The first kappa shape index (κ1) is 15.9. The molecule has 1 heterocycles. The Labute approximate surface area is 147 Å². The van der Waals surface area contributed by atoms with Gasteiger partial charge in [-0.15, -0.1) is 0 Å². The molecule has 3 aromatic rings. The molecule has 0 spiro atoms. The second kappa shape index (κ2) is 6.24. The molecule has 0 aliphatic carbocycles. The van der Waals surface area contributed by atoms with Crippen molar-refractivity contribution in [3.8, 4) is 28.3 Å². The third-order valence-corrected chi connectivity index (χ3v) is 3.89. The van der Waals surface area contributed by atoms with E-state index in [1.54, 1.807) is 30.3 Å². The quantitative estimate of drug-likeness (QED) is 0.665. The molecule has 1 aromatic heterocycles. The Bertz CT molecular complexity index is 879. The fourth-order valence-electron chi connectivity index (χ4n) is 2.16. The number of aromatic nitrogens is 2. The minimum atomic E-state index is -0.00818. The summed E-state index contributed by atoms with van der Waals surface area (Å²) in [7, 11) is 0. The number of hydrogen-bond donors (Lipinski definition) is 2. The number of nitrogens with two attached hydrogens (primary N) is 1. The smallest absolute Gasteiger partial charge is 0.142 e. The molecule has 0 unspecified atom stereocenters. The summed E-state index contributed by atoms with van der Waals surface area (Å²) in [5.41, 5.74) is 8.22. The third-order valence-electron chi connectivity index (χ3n) is 3.15. The molecule has 3 rings (SSSR count). The van der Waals surface area contributed by atoms with Gasteiger partial charge in [0.2, 0.25) is 0 Å². The number of phenolic OH excluding ortho intramolecular Hbond substituents is 1. The number of nitrogens with zero attached hydrogens (tertiary/aromatic N) is 2. The molecule has 0 atom stereocenters. The lowest BCUT2D eigenvalue weighted by Gasteiger charge is -2.10. The van der Waals surface area contributed by atoms with Crippen molar-refractivity contribution in [2.24, 2.45) is 0 Å². The Morgan fingerprint density at radius 2 is 1.57 bits per heavy atom. The Morgan fingerprint density at radius 1 is 0.870 bits per heavy atom. The molecule has 3 N–H and O–H groups in total. The number of halogens is 3. The summed E-state index contributed by atoms with van der Waals surface area (Å²) in [6.45, 7) is 0.